The van der Waals surface area contributed by atoms with Crippen molar-refractivity contribution in [3.05, 3.63) is 24.0 Å². The number of anilines is 1. The molecule has 0 radical (unpaired) electrons. The van der Waals surface area contributed by atoms with Crippen molar-refractivity contribution in [1.82, 2.24) is 4.98 Å². The van der Waals surface area contributed by atoms with Crippen LogP contribution in [0.3, 0.4) is 0 Å². The summed E-state index contributed by atoms with van der Waals surface area (Å²) in [4.78, 5) is 5.98. The van der Waals surface area contributed by atoms with Crippen molar-refractivity contribution in [1.29, 1.82) is 5.26 Å². The van der Waals surface area contributed by atoms with Crippen LogP contribution in [0.25, 0.3) is 0 Å². The van der Waals surface area contributed by atoms with E-state index in [0.29, 0.717) is 18.9 Å². The molecule has 0 aliphatic carbocycles. The molecule has 0 atom stereocenters. The van der Waals surface area contributed by atoms with Crippen molar-refractivity contribution in [2.75, 3.05) is 31.7 Å². The van der Waals surface area contributed by atoms with E-state index in [-0.39, 0.29) is 0 Å². The van der Waals surface area contributed by atoms with Gasteiger partial charge in [0.2, 0.25) is 0 Å². The van der Waals surface area contributed by atoms with Gasteiger partial charge in [-0.1, -0.05) is 0 Å². The first-order valence-corrected chi connectivity index (χ1v) is 4.93. The van der Waals surface area contributed by atoms with E-state index in [1.54, 1.807) is 6.20 Å². The van der Waals surface area contributed by atoms with Crippen molar-refractivity contribution in [3.63, 3.8) is 0 Å². The molecule has 1 aromatic rings. The number of nitrogens with zero attached hydrogens (tertiary/aromatic N) is 3. The van der Waals surface area contributed by atoms with Crippen LogP contribution in [0.2, 0.25) is 0 Å². The van der Waals surface area contributed by atoms with Gasteiger partial charge in [-0.2, -0.15) is 5.26 Å². The van der Waals surface area contributed by atoms with Crippen molar-refractivity contribution < 1.29 is 4.74 Å². The first kappa shape index (κ1) is 11.5. The van der Waals surface area contributed by atoms with Crippen LogP contribution in [-0.4, -0.2) is 31.8 Å². The lowest BCUT2D eigenvalue weighted by Crippen LogP contribution is -2.23. The maximum absolute atomic E-state index is 8.87. The molecule has 1 rings (SSSR count). The van der Waals surface area contributed by atoms with Crippen molar-refractivity contribution in [2.45, 2.75) is 6.92 Å². The topological polar surface area (TPSA) is 49.1 Å². The van der Waals surface area contributed by atoms with Gasteiger partial charge in [-0.05, 0) is 19.1 Å². The summed E-state index contributed by atoms with van der Waals surface area (Å²) in [7, 11) is 1.93. The van der Waals surface area contributed by atoms with Crippen LogP contribution in [0.15, 0.2) is 18.3 Å². The Morgan fingerprint density at radius 2 is 2.40 bits per heavy atom. The third-order valence-electron chi connectivity index (χ3n) is 2.08. The van der Waals surface area contributed by atoms with E-state index in [1.165, 1.54) is 0 Å². The van der Waals surface area contributed by atoms with E-state index in [1.807, 2.05) is 31.0 Å². The zero-order valence-corrected chi connectivity index (χ0v) is 9.10. The number of pyridine rings is 1. The highest BCUT2D eigenvalue weighted by atomic mass is 16.5. The number of rotatable bonds is 5. The Hall–Kier alpha value is -1.60. The summed E-state index contributed by atoms with van der Waals surface area (Å²) in [6, 6.07) is 5.79. The van der Waals surface area contributed by atoms with Gasteiger partial charge in [-0.15, -0.1) is 0 Å². The fraction of sp³-hybridized carbons (Fsp3) is 0.455. The summed E-state index contributed by atoms with van der Waals surface area (Å²) in [5.74, 6) is 0. The Bertz CT molecular complexity index is 346. The van der Waals surface area contributed by atoms with Crippen molar-refractivity contribution >= 4 is 5.69 Å². The van der Waals surface area contributed by atoms with Crippen molar-refractivity contribution in [3.8, 4) is 6.07 Å². The Labute approximate surface area is 90.1 Å². The zero-order valence-electron chi connectivity index (χ0n) is 9.10. The van der Waals surface area contributed by atoms with Crippen LogP contribution < -0.4 is 4.90 Å². The average molecular weight is 205 g/mol. The summed E-state index contributed by atoms with van der Waals surface area (Å²) in [6.07, 6.45) is 1.62. The van der Waals surface area contributed by atoms with Gasteiger partial charge in [0.05, 0.1) is 12.3 Å². The molecule has 0 saturated carbocycles. The SMILES string of the molecule is CCOCCN(C)c1cccnc1C#N. The van der Waals surface area contributed by atoms with Gasteiger partial charge in [0.25, 0.3) is 0 Å². The first-order chi connectivity index (χ1) is 7.29. The zero-order chi connectivity index (χ0) is 11.1. The summed E-state index contributed by atoms with van der Waals surface area (Å²) >= 11 is 0. The van der Waals surface area contributed by atoms with Crippen LogP contribution >= 0.6 is 0 Å². The quantitative estimate of drug-likeness (QED) is 0.682. The van der Waals surface area contributed by atoms with Crippen LogP contribution in [0.1, 0.15) is 12.6 Å². The monoisotopic (exact) mass is 205 g/mol. The minimum absolute atomic E-state index is 0.455. The predicted octanol–water partition coefficient (Wildman–Crippen LogP) is 1.43. The molecule has 1 aromatic heterocycles. The van der Waals surface area contributed by atoms with Gasteiger partial charge < -0.3 is 9.64 Å². The molecule has 4 nitrogen and oxygen atoms in total. The molecule has 0 bridgehead atoms. The van der Waals surface area contributed by atoms with E-state index in [2.05, 4.69) is 11.1 Å². The highest BCUT2D eigenvalue weighted by molar-refractivity contribution is 5.54. The van der Waals surface area contributed by atoms with E-state index < -0.39 is 0 Å². The largest absolute Gasteiger partial charge is 0.380 e. The number of nitriles is 1. The van der Waals surface area contributed by atoms with Gasteiger partial charge in [-0.25, -0.2) is 4.98 Å². The second kappa shape index (κ2) is 5.99. The number of likely N-dealkylation sites (N-methyl/N-ethyl adjacent to an activating group) is 1. The molecule has 15 heavy (non-hydrogen) atoms. The van der Waals surface area contributed by atoms with E-state index in [0.717, 1.165) is 12.2 Å². The fourth-order valence-electron chi connectivity index (χ4n) is 1.26. The highest BCUT2D eigenvalue weighted by Crippen LogP contribution is 2.14. The lowest BCUT2D eigenvalue weighted by Gasteiger charge is -2.19. The molecule has 80 valence electrons. The molecule has 0 unspecified atom stereocenters. The van der Waals surface area contributed by atoms with Crippen LogP contribution in [-0.2, 0) is 4.74 Å². The number of aromatic nitrogens is 1. The van der Waals surface area contributed by atoms with Gasteiger partial charge in [0.15, 0.2) is 5.69 Å². The maximum Gasteiger partial charge on any atom is 0.163 e. The number of hydrogen-bond donors (Lipinski definition) is 0. The Morgan fingerprint density at radius 1 is 1.60 bits per heavy atom. The lowest BCUT2D eigenvalue weighted by molar-refractivity contribution is 0.154. The Balaban J connectivity index is 2.65. The predicted molar refractivity (Wildman–Crippen MR) is 58.7 cm³/mol. The third-order valence-corrected chi connectivity index (χ3v) is 2.08. The highest BCUT2D eigenvalue weighted by Gasteiger charge is 2.06. The smallest absolute Gasteiger partial charge is 0.163 e. The summed E-state index contributed by atoms with van der Waals surface area (Å²) in [5.41, 5.74) is 1.30. The molecule has 0 N–H and O–H groups in total. The van der Waals surface area contributed by atoms with E-state index in [9.17, 15) is 0 Å². The molecule has 0 fully saturated rings. The molecule has 0 spiro atoms. The van der Waals surface area contributed by atoms with Gasteiger partial charge in [0, 0.05) is 26.4 Å². The maximum atomic E-state index is 8.87. The molecule has 0 aliphatic heterocycles. The number of ether oxygens (including phenoxy) is 1. The Kier molecular flexibility index (Phi) is 4.58. The molecular weight excluding hydrogens is 190 g/mol. The molecule has 0 saturated heterocycles. The van der Waals surface area contributed by atoms with Gasteiger partial charge in [-0.3, -0.25) is 0 Å². The summed E-state index contributed by atoms with van der Waals surface area (Å²) < 4.78 is 5.25. The molecule has 0 amide bonds. The fourth-order valence-corrected chi connectivity index (χ4v) is 1.26. The second-order valence-electron chi connectivity index (χ2n) is 3.10. The first-order valence-electron chi connectivity index (χ1n) is 4.93. The van der Waals surface area contributed by atoms with Crippen molar-refractivity contribution in [2.24, 2.45) is 0 Å². The normalized spacial score (nSPS) is 9.67. The average Bonchev–Trinajstić information content (AvgIpc) is 2.29. The number of hydrogen-bond acceptors (Lipinski definition) is 4. The second-order valence-corrected chi connectivity index (χ2v) is 3.10. The standard InChI is InChI=1S/C11H15N3O/c1-3-15-8-7-14(2)11-5-4-6-13-10(11)9-12/h4-6H,3,7-8H2,1-2H3. The lowest BCUT2D eigenvalue weighted by atomic mass is 10.3. The molecule has 0 aromatic carbocycles. The van der Waals surface area contributed by atoms with Gasteiger partial charge in [0.1, 0.15) is 6.07 Å². The van der Waals surface area contributed by atoms with Crippen LogP contribution in [0, 0.1) is 11.3 Å². The minimum atomic E-state index is 0.455. The third kappa shape index (κ3) is 3.22. The molecule has 4 heteroatoms. The summed E-state index contributed by atoms with van der Waals surface area (Å²) in [6.45, 7) is 4.09. The Morgan fingerprint density at radius 3 is 3.07 bits per heavy atom. The van der Waals surface area contributed by atoms with Gasteiger partial charge >= 0.3 is 0 Å². The van der Waals surface area contributed by atoms with E-state index >= 15 is 0 Å². The molecule has 0 aliphatic rings. The summed E-state index contributed by atoms with van der Waals surface area (Å²) in [5, 5.41) is 8.87. The van der Waals surface area contributed by atoms with E-state index in [4.69, 9.17) is 10.00 Å². The minimum Gasteiger partial charge on any atom is -0.380 e. The molecule has 1 heterocycles. The van der Waals surface area contributed by atoms with Crippen LogP contribution in [0.5, 0.6) is 0 Å². The molecular formula is C11H15N3O. The van der Waals surface area contributed by atoms with Crippen LogP contribution in [0.4, 0.5) is 5.69 Å².